The zero-order chi connectivity index (χ0) is 13.9. The van der Waals surface area contributed by atoms with Gasteiger partial charge in [0.05, 0.1) is 12.1 Å². The Morgan fingerprint density at radius 2 is 2.05 bits per heavy atom. The van der Waals surface area contributed by atoms with Gasteiger partial charge in [0.25, 0.3) is 5.91 Å². The van der Waals surface area contributed by atoms with E-state index in [1.807, 2.05) is 29.2 Å². The average molecular weight is 262 g/mol. The second-order valence-electron chi connectivity index (χ2n) is 5.81. The van der Waals surface area contributed by atoms with E-state index in [0.29, 0.717) is 31.0 Å². The van der Waals surface area contributed by atoms with Crippen molar-refractivity contribution in [3.8, 4) is 5.75 Å². The van der Waals surface area contributed by atoms with Crippen LogP contribution < -0.4 is 10.1 Å². The predicted octanol–water partition coefficient (Wildman–Crippen LogP) is 1.91. The third-order valence-corrected chi connectivity index (χ3v) is 3.06. The third-order valence-electron chi connectivity index (χ3n) is 3.06. The van der Waals surface area contributed by atoms with Gasteiger partial charge in [-0.15, -0.1) is 0 Å². The van der Waals surface area contributed by atoms with E-state index >= 15 is 0 Å². The van der Waals surface area contributed by atoms with Crippen molar-refractivity contribution >= 4 is 5.91 Å². The number of hydrogen-bond acceptors (Lipinski definition) is 3. The second-order valence-corrected chi connectivity index (χ2v) is 5.81. The topological polar surface area (TPSA) is 41.6 Å². The van der Waals surface area contributed by atoms with Gasteiger partial charge < -0.3 is 15.0 Å². The molecule has 104 valence electrons. The maximum atomic E-state index is 12.4. The molecule has 1 aliphatic rings. The Bertz CT molecular complexity index is 452. The van der Waals surface area contributed by atoms with Gasteiger partial charge in [0.2, 0.25) is 0 Å². The lowest BCUT2D eigenvalue weighted by molar-refractivity contribution is 0.0754. The maximum absolute atomic E-state index is 12.4. The molecule has 0 fully saturated rings. The minimum Gasteiger partial charge on any atom is -0.491 e. The third kappa shape index (κ3) is 3.70. The molecular formula is C15H22N2O2. The molecule has 4 heteroatoms. The molecule has 2 rings (SSSR count). The highest BCUT2D eigenvalue weighted by atomic mass is 16.5. The van der Waals surface area contributed by atoms with Gasteiger partial charge in [-0.3, -0.25) is 4.79 Å². The predicted molar refractivity (Wildman–Crippen MR) is 75.6 cm³/mol. The number of nitrogens with zero attached hydrogens (tertiary/aromatic N) is 1. The lowest BCUT2D eigenvalue weighted by atomic mass is 10.1. The van der Waals surface area contributed by atoms with Crippen LogP contribution in [0.1, 0.15) is 31.1 Å². The van der Waals surface area contributed by atoms with Gasteiger partial charge in [0, 0.05) is 18.6 Å². The van der Waals surface area contributed by atoms with Crippen LogP contribution in [-0.2, 0) is 0 Å². The molecule has 1 aliphatic heterocycles. The number of carbonyl (C=O) groups excluding carboxylic acids is 1. The molecule has 1 amide bonds. The molecule has 1 N–H and O–H groups in total. The highest BCUT2D eigenvalue weighted by molar-refractivity contribution is 5.97. The minimum absolute atomic E-state index is 0.0591. The van der Waals surface area contributed by atoms with Gasteiger partial charge >= 0.3 is 0 Å². The quantitative estimate of drug-likeness (QED) is 0.904. The Labute approximate surface area is 114 Å². The van der Waals surface area contributed by atoms with Crippen molar-refractivity contribution in [2.45, 2.75) is 26.3 Å². The van der Waals surface area contributed by atoms with Crippen LogP contribution in [0.5, 0.6) is 5.75 Å². The van der Waals surface area contributed by atoms with E-state index in [1.165, 1.54) is 0 Å². The molecule has 0 spiro atoms. The Hall–Kier alpha value is -1.55. The molecule has 0 radical (unpaired) electrons. The summed E-state index contributed by atoms with van der Waals surface area (Å²) in [5.74, 6) is 0.752. The van der Waals surface area contributed by atoms with Gasteiger partial charge in [0.1, 0.15) is 12.4 Å². The summed E-state index contributed by atoms with van der Waals surface area (Å²) in [6.07, 6.45) is 0. The van der Waals surface area contributed by atoms with E-state index in [9.17, 15) is 4.79 Å². The summed E-state index contributed by atoms with van der Waals surface area (Å²) in [5, 5.41) is 3.40. The number of amides is 1. The molecule has 0 saturated heterocycles. The fourth-order valence-corrected chi connectivity index (χ4v) is 2.09. The Morgan fingerprint density at radius 1 is 1.32 bits per heavy atom. The molecule has 0 bridgehead atoms. The largest absolute Gasteiger partial charge is 0.491 e. The van der Waals surface area contributed by atoms with E-state index in [0.717, 1.165) is 6.54 Å². The Balaban J connectivity index is 2.01. The van der Waals surface area contributed by atoms with E-state index in [4.69, 9.17) is 4.74 Å². The SMILES string of the molecule is CC(C)(C)NCCN1CCOc2ccccc2C1=O. The van der Waals surface area contributed by atoms with Gasteiger partial charge in [-0.25, -0.2) is 0 Å². The number of carbonyl (C=O) groups is 1. The van der Waals surface area contributed by atoms with Crippen LogP contribution in [0.25, 0.3) is 0 Å². The van der Waals surface area contributed by atoms with Crippen molar-refractivity contribution in [1.29, 1.82) is 0 Å². The van der Waals surface area contributed by atoms with Gasteiger partial charge in [-0.05, 0) is 32.9 Å². The van der Waals surface area contributed by atoms with Crippen LogP contribution >= 0.6 is 0 Å². The van der Waals surface area contributed by atoms with Gasteiger partial charge in [-0.2, -0.15) is 0 Å². The molecule has 0 atom stereocenters. The summed E-state index contributed by atoms with van der Waals surface area (Å²) in [6.45, 7) is 9.05. The first-order chi connectivity index (χ1) is 8.97. The zero-order valence-corrected chi connectivity index (χ0v) is 11.9. The fraction of sp³-hybridized carbons (Fsp3) is 0.533. The number of ether oxygens (including phenoxy) is 1. The highest BCUT2D eigenvalue weighted by Crippen LogP contribution is 2.22. The molecule has 19 heavy (non-hydrogen) atoms. The smallest absolute Gasteiger partial charge is 0.257 e. The summed E-state index contributed by atoms with van der Waals surface area (Å²) >= 11 is 0. The van der Waals surface area contributed by atoms with Crippen LogP contribution in [0.15, 0.2) is 24.3 Å². The highest BCUT2D eigenvalue weighted by Gasteiger charge is 2.22. The number of rotatable bonds is 3. The summed E-state index contributed by atoms with van der Waals surface area (Å²) < 4.78 is 5.61. The first kappa shape index (κ1) is 13.9. The maximum Gasteiger partial charge on any atom is 0.257 e. The lowest BCUT2D eigenvalue weighted by Gasteiger charge is -2.25. The number of benzene rings is 1. The molecule has 4 nitrogen and oxygen atoms in total. The first-order valence-corrected chi connectivity index (χ1v) is 6.73. The van der Waals surface area contributed by atoms with E-state index in [1.54, 1.807) is 0 Å². The molecule has 1 aromatic carbocycles. The zero-order valence-electron chi connectivity index (χ0n) is 11.9. The van der Waals surface area contributed by atoms with E-state index in [2.05, 4.69) is 26.1 Å². The minimum atomic E-state index is 0.0591. The molecular weight excluding hydrogens is 240 g/mol. The summed E-state index contributed by atoms with van der Waals surface area (Å²) in [5.41, 5.74) is 0.735. The monoisotopic (exact) mass is 262 g/mol. The van der Waals surface area contributed by atoms with Crippen LogP contribution in [0.2, 0.25) is 0 Å². The Morgan fingerprint density at radius 3 is 2.79 bits per heavy atom. The van der Waals surface area contributed by atoms with Crippen LogP contribution in [0, 0.1) is 0 Å². The molecule has 0 aliphatic carbocycles. The van der Waals surface area contributed by atoms with Crippen LogP contribution in [0.4, 0.5) is 0 Å². The Kier molecular flexibility index (Phi) is 4.10. The first-order valence-electron chi connectivity index (χ1n) is 6.73. The average Bonchev–Trinajstić information content (AvgIpc) is 2.49. The van der Waals surface area contributed by atoms with Gasteiger partial charge in [0.15, 0.2) is 0 Å². The number of fused-ring (bicyclic) bond motifs is 1. The van der Waals surface area contributed by atoms with Crippen molar-refractivity contribution in [3.63, 3.8) is 0 Å². The summed E-state index contributed by atoms with van der Waals surface area (Å²) in [7, 11) is 0. The van der Waals surface area contributed by atoms with Crippen molar-refractivity contribution in [2.75, 3.05) is 26.2 Å². The second kappa shape index (κ2) is 5.61. The summed E-state index contributed by atoms with van der Waals surface area (Å²) in [6, 6.07) is 7.44. The van der Waals surface area contributed by atoms with Crippen molar-refractivity contribution in [1.82, 2.24) is 10.2 Å². The summed E-state index contributed by atoms with van der Waals surface area (Å²) in [4.78, 5) is 14.3. The van der Waals surface area contributed by atoms with Crippen molar-refractivity contribution < 1.29 is 9.53 Å². The molecule has 0 unspecified atom stereocenters. The number of hydrogen-bond donors (Lipinski definition) is 1. The molecule has 0 saturated carbocycles. The van der Waals surface area contributed by atoms with Crippen LogP contribution in [0.3, 0.4) is 0 Å². The number of para-hydroxylation sites is 1. The molecule has 1 heterocycles. The van der Waals surface area contributed by atoms with Gasteiger partial charge in [-0.1, -0.05) is 12.1 Å². The van der Waals surface area contributed by atoms with Crippen molar-refractivity contribution in [3.05, 3.63) is 29.8 Å². The van der Waals surface area contributed by atoms with E-state index in [-0.39, 0.29) is 11.4 Å². The van der Waals surface area contributed by atoms with Crippen molar-refractivity contribution in [2.24, 2.45) is 0 Å². The molecule has 0 aromatic heterocycles. The number of nitrogens with one attached hydrogen (secondary N) is 1. The van der Waals surface area contributed by atoms with Crippen LogP contribution in [-0.4, -0.2) is 42.6 Å². The standard InChI is InChI=1S/C15H22N2O2/c1-15(2,3)16-8-9-17-10-11-19-13-7-5-4-6-12(13)14(17)18/h4-7,16H,8-11H2,1-3H3. The normalized spacial score (nSPS) is 15.7. The molecule has 1 aromatic rings. The van der Waals surface area contributed by atoms with E-state index < -0.39 is 0 Å². The fourth-order valence-electron chi connectivity index (χ4n) is 2.09. The lowest BCUT2D eigenvalue weighted by Crippen LogP contribution is -2.43.